The van der Waals surface area contributed by atoms with Crippen LogP contribution < -0.4 is 9.62 Å². The first kappa shape index (κ1) is 32.1. The van der Waals surface area contributed by atoms with Gasteiger partial charge in [-0.3, -0.25) is 13.9 Å². The normalized spacial score (nSPS) is 14.4. The molecule has 0 radical (unpaired) electrons. The SMILES string of the molecule is CCC(C(=O)NC1CCCC1)N(Cc1ccccc1Cl)C(=O)CN(c1cc(Cl)cc(Cl)c1)S(=O)(=O)c1ccc(C)cc1. The maximum absolute atomic E-state index is 14.2. The van der Waals surface area contributed by atoms with Crippen molar-refractivity contribution < 1.29 is 18.0 Å². The third-order valence-electron chi connectivity index (χ3n) is 7.41. The number of carbonyl (C=O) groups excluding carboxylic acids is 2. The van der Waals surface area contributed by atoms with E-state index in [4.69, 9.17) is 34.8 Å². The zero-order chi connectivity index (χ0) is 30.4. The Labute approximate surface area is 262 Å². The first-order valence-electron chi connectivity index (χ1n) is 13.9. The maximum Gasteiger partial charge on any atom is 0.264 e. The van der Waals surface area contributed by atoms with Gasteiger partial charge in [0.2, 0.25) is 11.8 Å². The number of aryl methyl sites for hydroxylation is 1. The highest BCUT2D eigenvalue weighted by Crippen LogP contribution is 2.31. The fraction of sp³-hybridized carbons (Fsp3) is 0.355. The summed E-state index contributed by atoms with van der Waals surface area (Å²) >= 11 is 19.0. The van der Waals surface area contributed by atoms with Gasteiger partial charge in [-0.2, -0.15) is 0 Å². The lowest BCUT2D eigenvalue weighted by Crippen LogP contribution is -2.53. The summed E-state index contributed by atoms with van der Waals surface area (Å²) in [4.78, 5) is 29.2. The van der Waals surface area contributed by atoms with Gasteiger partial charge in [-0.15, -0.1) is 0 Å². The number of nitrogens with zero attached hydrogens (tertiary/aromatic N) is 2. The van der Waals surface area contributed by atoms with Crippen molar-refractivity contribution >= 4 is 62.3 Å². The molecule has 224 valence electrons. The molecule has 4 rings (SSSR count). The molecule has 7 nitrogen and oxygen atoms in total. The van der Waals surface area contributed by atoms with Crippen LogP contribution in [-0.2, 0) is 26.2 Å². The second-order valence-corrected chi connectivity index (χ2v) is 13.6. The summed E-state index contributed by atoms with van der Waals surface area (Å²) in [7, 11) is -4.24. The molecule has 2 amide bonds. The zero-order valence-electron chi connectivity index (χ0n) is 23.5. The summed E-state index contributed by atoms with van der Waals surface area (Å²) < 4.78 is 29.0. The molecule has 1 N–H and O–H groups in total. The first-order valence-corrected chi connectivity index (χ1v) is 16.5. The summed E-state index contributed by atoms with van der Waals surface area (Å²) in [5.74, 6) is -0.848. The Hall–Kier alpha value is -2.78. The molecule has 0 spiro atoms. The smallest absolute Gasteiger partial charge is 0.264 e. The highest BCUT2D eigenvalue weighted by Gasteiger charge is 2.35. The number of anilines is 1. The number of rotatable bonds is 11. The molecule has 3 aromatic rings. The fourth-order valence-electron chi connectivity index (χ4n) is 5.15. The molecule has 0 saturated heterocycles. The molecule has 1 aliphatic carbocycles. The minimum Gasteiger partial charge on any atom is -0.352 e. The van der Waals surface area contributed by atoms with Gasteiger partial charge in [0.25, 0.3) is 10.0 Å². The predicted molar refractivity (Wildman–Crippen MR) is 169 cm³/mol. The number of nitrogens with one attached hydrogen (secondary N) is 1. The van der Waals surface area contributed by atoms with Crippen LogP contribution in [0.25, 0.3) is 0 Å². The molecular weight excluding hydrogens is 617 g/mol. The minimum absolute atomic E-state index is 0.000620. The zero-order valence-corrected chi connectivity index (χ0v) is 26.6. The van der Waals surface area contributed by atoms with Crippen LogP contribution in [0, 0.1) is 6.92 Å². The van der Waals surface area contributed by atoms with Crippen molar-refractivity contribution in [3.63, 3.8) is 0 Å². The summed E-state index contributed by atoms with van der Waals surface area (Å²) in [6, 6.07) is 17.0. The van der Waals surface area contributed by atoms with E-state index < -0.39 is 28.5 Å². The Balaban J connectivity index is 1.75. The number of halogens is 3. The maximum atomic E-state index is 14.2. The Morgan fingerprint density at radius 3 is 2.17 bits per heavy atom. The Morgan fingerprint density at radius 2 is 1.57 bits per heavy atom. The van der Waals surface area contributed by atoms with Crippen molar-refractivity contribution in [2.75, 3.05) is 10.8 Å². The van der Waals surface area contributed by atoms with Crippen molar-refractivity contribution in [3.05, 3.63) is 92.9 Å². The minimum atomic E-state index is -4.24. The lowest BCUT2D eigenvalue weighted by atomic mass is 10.1. The van der Waals surface area contributed by atoms with E-state index in [1.165, 1.54) is 35.2 Å². The molecule has 1 unspecified atom stereocenters. The molecule has 0 aliphatic heterocycles. The molecule has 1 atom stereocenters. The fourth-order valence-corrected chi connectivity index (χ4v) is 7.25. The molecule has 1 aliphatic rings. The molecule has 1 saturated carbocycles. The second kappa shape index (κ2) is 14.1. The van der Waals surface area contributed by atoms with Crippen LogP contribution in [0.5, 0.6) is 0 Å². The average Bonchev–Trinajstić information content (AvgIpc) is 3.45. The predicted octanol–water partition coefficient (Wildman–Crippen LogP) is 7.02. The van der Waals surface area contributed by atoms with Crippen LogP contribution in [0.2, 0.25) is 15.1 Å². The standard InChI is InChI=1S/C31H34Cl3N3O4S/c1-3-29(31(39)35-25-9-5-6-10-25)36(19-22-8-4-7-11-28(22)34)30(38)20-37(26-17-23(32)16-24(33)18-26)42(40,41)27-14-12-21(2)13-15-27/h4,7-8,11-18,25,29H,3,5-6,9-10,19-20H2,1-2H3,(H,35,39). The number of carbonyl (C=O) groups is 2. The molecule has 3 aromatic carbocycles. The molecular formula is C31H34Cl3N3O4S. The van der Waals surface area contributed by atoms with Crippen molar-refractivity contribution in [2.24, 2.45) is 0 Å². The van der Waals surface area contributed by atoms with E-state index in [9.17, 15) is 18.0 Å². The first-order chi connectivity index (χ1) is 20.0. The quantitative estimate of drug-likeness (QED) is 0.242. The van der Waals surface area contributed by atoms with Crippen LogP contribution in [0.1, 0.15) is 50.2 Å². The number of hydrogen-bond donors (Lipinski definition) is 1. The van der Waals surface area contributed by atoms with Crippen LogP contribution in [0.4, 0.5) is 5.69 Å². The van der Waals surface area contributed by atoms with Gasteiger partial charge in [-0.25, -0.2) is 8.42 Å². The number of hydrogen-bond acceptors (Lipinski definition) is 4. The summed E-state index contributed by atoms with van der Waals surface area (Å²) in [6.07, 6.45) is 4.18. The molecule has 11 heteroatoms. The highest BCUT2D eigenvalue weighted by atomic mass is 35.5. The summed E-state index contributed by atoms with van der Waals surface area (Å²) in [6.45, 7) is 3.10. The van der Waals surface area contributed by atoms with E-state index in [2.05, 4.69) is 5.32 Å². The van der Waals surface area contributed by atoms with E-state index in [-0.39, 0.29) is 39.1 Å². The van der Waals surface area contributed by atoms with Crippen molar-refractivity contribution in [3.8, 4) is 0 Å². The van der Waals surface area contributed by atoms with Gasteiger partial charge in [0.05, 0.1) is 10.6 Å². The van der Waals surface area contributed by atoms with Crippen LogP contribution in [0.15, 0.2) is 71.6 Å². The summed E-state index contributed by atoms with van der Waals surface area (Å²) in [5, 5.41) is 3.96. The van der Waals surface area contributed by atoms with Crippen molar-refractivity contribution in [2.45, 2.75) is 69.5 Å². The lowest BCUT2D eigenvalue weighted by Gasteiger charge is -2.34. The van der Waals surface area contributed by atoms with Crippen LogP contribution in [0.3, 0.4) is 0 Å². The van der Waals surface area contributed by atoms with E-state index in [1.54, 1.807) is 36.4 Å². The second-order valence-electron chi connectivity index (χ2n) is 10.5. The van der Waals surface area contributed by atoms with Gasteiger partial charge in [0, 0.05) is 27.7 Å². The van der Waals surface area contributed by atoms with E-state index >= 15 is 0 Å². The summed E-state index contributed by atoms with van der Waals surface area (Å²) in [5.41, 5.74) is 1.65. The molecule has 42 heavy (non-hydrogen) atoms. The number of sulfonamides is 1. The van der Waals surface area contributed by atoms with E-state index in [0.29, 0.717) is 17.0 Å². The number of benzene rings is 3. The van der Waals surface area contributed by atoms with Gasteiger partial charge in [0.15, 0.2) is 0 Å². The largest absolute Gasteiger partial charge is 0.352 e. The van der Waals surface area contributed by atoms with Gasteiger partial charge in [0.1, 0.15) is 12.6 Å². The van der Waals surface area contributed by atoms with E-state index in [1.807, 2.05) is 13.8 Å². The van der Waals surface area contributed by atoms with Crippen LogP contribution >= 0.6 is 34.8 Å². The third kappa shape index (κ3) is 7.78. The number of amides is 2. The molecule has 0 bridgehead atoms. The topological polar surface area (TPSA) is 86.8 Å². The molecule has 1 fully saturated rings. The molecule has 0 aromatic heterocycles. The Morgan fingerprint density at radius 1 is 0.952 bits per heavy atom. The van der Waals surface area contributed by atoms with Gasteiger partial charge < -0.3 is 10.2 Å². The van der Waals surface area contributed by atoms with Crippen molar-refractivity contribution in [1.29, 1.82) is 0 Å². The third-order valence-corrected chi connectivity index (χ3v) is 10.0. The highest BCUT2D eigenvalue weighted by molar-refractivity contribution is 7.92. The monoisotopic (exact) mass is 649 g/mol. The van der Waals surface area contributed by atoms with Gasteiger partial charge in [-0.1, -0.05) is 90.5 Å². The van der Waals surface area contributed by atoms with Gasteiger partial charge in [-0.05, 0) is 68.1 Å². The average molecular weight is 651 g/mol. The Kier molecular flexibility index (Phi) is 10.8. The van der Waals surface area contributed by atoms with Crippen molar-refractivity contribution in [1.82, 2.24) is 10.2 Å². The van der Waals surface area contributed by atoms with Gasteiger partial charge >= 0.3 is 0 Å². The molecule has 0 heterocycles. The lowest BCUT2D eigenvalue weighted by molar-refractivity contribution is -0.140. The van der Waals surface area contributed by atoms with E-state index in [0.717, 1.165) is 35.6 Å². The Bertz CT molecular complexity index is 1510. The van der Waals surface area contributed by atoms with Crippen LogP contribution in [-0.4, -0.2) is 43.8 Å².